The van der Waals surface area contributed by atoms with Crippen LogP contribution in [0.4, 0.5) is 5.69 Å². The molecule has 2 aromatic carbocycles. The van der Waals surface area contributed by atoms with Gasteiger partial charge in [-0.15, -0.1) is 0 Å². The molecule has 3 amide bonds. The molecule has 3 unspecified atom stereocenters. The van der Waals surface area contributed by atoms with E-state index in [9.17, 15) is 19.5 Å². The number of rotatable bonds is 10. The van der Waals surface area contributed by atoms with Crippen LogP contribution in [0.15, 0.2) is 54.6 Å². The number of nitrogens with zero attached hydrogens (tertiary/aromatic N) is 1. The van der Waals surface area contributed by atoms with Gasteiger partial charge in [0.1, 0.15) is 23.6 Å². The van der Waals surface area contributed by atoms with Crippen molar-refractivity contribution in [2.75, 3.05) is 11.9 Å². The first-order valence-corrected chi connectivity index (χ1v) is 11.5. The molecule has 2 aromatic rings. The fourth-order valence-corrected chi connectivity index (χ4v) is 4.09. The Balaban J connectivity index is 1.70. The molecule has 1 fully saturated rings. The number of hydrogen-bond donors (Lipinski definition) is 4. The predicted molar refractivity (Wildman–Crippen MR) is 125 cm³/mol. The third-order valence-corrected chi connectivity index (χ3v) is 5.86. The van der Waals surface area contributed by atoms with Crippen LogP contribution in [-0.2, 0) is 14.4 Å². The van der Waals surface area contributed by atoms with Crippen molar-refractivity contribution < 1.29 is 29.4 Å². The third-order valence-electron chi connectivity index (χ3n) is 5.86. The van der Waals surface area contributed by atoms with E-state index >= 15 is 0 Å². The topological polar surface area (TPSA) is 128 Å². The third kappa shape index (κ3) is 6.33. The average Bonchev–Trinajstić information content (AvgIpc) is 3.34. The highest BCUT2D eigenvalue weighted by molar-refractivity contribution is 5.98. The molecular weight excluding hydrogens is 438 g/mol. The molecule has 0 saturated carbocycles. The molecule has 9 nitrogen and oxygen atoms in total. The van der Waals surface area contributed by atoms with E-state index in [-0.39, 0.29) is 12.3 Å². The lowest BCUT2D eigenvalue weighted by Gasteiger charge is -2.30. The van der Waals surface area contributed by atoms with Crippen molar-refractivity contribution in [2.45, 2.75) is 51.2 Å². The maximum absolute atomic E-state index is 13.2. The van der Waals surface area contributed by atoms with Gasteiger partial charge in [-0.25, -0.2) is 5.48 Å². The van der Waals surface area contributed by atoms with Gasteiger partial charge in [-0.2, -0.15) is 0 Å². The lowest BCUT2D eigenvalue weighted by atomic mass is 9.93. The van der Waals surface area contributed by atoms with E-state index in [1.54, 1.807) is 24.3 Å². The number of hydroxylamine groups is 1. The second-order valence-electron chi connectivity index (χ2n) is 8.29. The van der Waals surface area contributed by atoms with Crippen molar-refractivity contribution in [1.29, 1.82) is 0 Å². The fraction of sp³-hybridized carbons (Fsp3) is 0.400. The molecule has 0 aliphatic carbocycles. The van der Waals surface area contributed by atoms with E-state index in [4.69, 9.17) is 9.94 Å². The summed E-state index contributed by atoms with van der Waals surface area (Å²) in [5.74, 6) is -1.67. The summed E-state index contributed by atoms with van der Waals surface area (Å²) in [5.41, 5.74) is 1.93. The predicted octanol–water partition coefficient (Wildman–Crippen LogP) is 3.08. The number of unbranched alkanes of at least 4 members (excludes halogenated alkanes) is 1. The zero-order chi connectivity index (χ0) is 24.5. The summed E-state index contributed by atoms with van der Waals surface area (Å²) in [6, 6.07) is 15.5. The molecule has 0 aromatic heterocycles. The number of ether oxygens (including phenoxy) is 1. The van der Waals surface area contributed by atoms with Crippen molar-refractivity contribution in [3.8, 4) is 11.5 Å². The van der Waals surface area contributed by atoms with Crippen molar-refractivity contribution in [2.24, 2.45) is 5.92 Å². The zero-order valence-corrected chi connectivity index (χ0v) is 19.1. The zero-order valence-electron chi connectivity index (χ0n) is 19.1. The Hall–Kier alpha value is -3.43. The van der Waals surface area contributed by atoms with Gasteiger partial charge in [-0.1, -0.05) is 44.0 Å². The second-order valence-corrected chi connectivity index (χ2v) is 8.29. The Bertz CT molecular complexity index is 984. The average molecular weight is 470 g/mol. The van der Waals surface area contributed by atoms with Crippen LogP contribution in [0.25, 0.3) is 0 Å². The van der Waals surface area contributed by atoms with Crippen LogP contribution in [0.1, 0.15) is 39.0 Å². The van der Waals surface area contributed by atoms with Crippen molar-refractivity contribution in [3.63, 3.8) is 0 Å². The molecule has 0 bridgehead atoms. The van der Waals surface area contributed by atoms with Gasteiger partial charge in [0.15, 0.2) is 0 Å². The van der Waals surface area contributed by atoms with Gasteiger partial charge in [0, 0.05) is 18.3 Å². The Morgan fingerprint density at radius 3 is 2.56 bits per heavy atom. The van der Waals surface area contributed by atoms with Crippen LogP contribution in [0, 0.1) is 5.92 Å². The quantitative estimate of drug-likeness (QED) is 0.313. The standard InChI is InChI=1S/C25H31N3O6/c1-2-3-13-20(22(29)24(31)27-33)25(32)28-15-8-14-21(28)23(30)26-17-9-7-12-19(16-17)34-18-10-5-4-6-11-18/h4-7,9-12,16,20-22,29,33H,2-3,8,13-15H2,1H3,(H,26,30)(H,27,31). The molecule has 0 radical (unpaired) electrons. The number of aliphatic hydroxyl groups is 1. The van der Waals surface area contributed by atoms with E-state index in [2.05, 4.69) is 5.32 Å². The molecule has 1 saturated heterocycles. The minimum atomic E-state index is -1.69. The first-order chi connectivity index (χ1) is 16.4. The number of aliphatic hydroxyl groups excluding tert-OH is 1. The first-order valence-electron chi connectivity index (χ1n) is 11.5. The highest BCUT2D eigenvalue weighted by Gasteiger charge is 2.41. The maximum atomic E-state index is 13.2. The maximum Gasteiger partial charge on any atom is 0.272 e. The summed E-state index contributed by atoms with van der Waals surface area (Å²) in [5, 5.41) is 22.0. The van der Waals surface area contributed by atoms with E-state index in [0.29, 0.717) is 43.0 Å². The van der Waals surface area contributed by atoms with E-state index < -0.39 is 29.9 Å². The summed E-state index contributed by atoms with van der Waals surface area (Å²) < 4.78 is 5.81. The summed E-state index contributed by atoms with van der Waals surface area (Å²) in [6.07, 6.45) is 1.06. The molecule has 9 heteroatoms. The van der Waals surface area contributed by atoms with Crippen LogP contribution in [0.5, 0.6) is 11.5 Å². The fourth-order valence-electron chi connectivity index (χ4n) is 4.09. The van der Waals surface area contributed by atoms with Gasteiger partial charge in [0.25, 0.3) is 5.91 Å². The highest BCUT2D eigenvalue weighted by Crippen LogP contribution is 2.27. The van der Waals surface area contributed by atoms with Gasteiger partial charge in [-0.05, 0) is 43.5 Å². The summed E-state index contributed by atoms with van der Waals surface area (Å²) in [7, 11) is 0. The number of nitrogens with one attached hydrogen (secondary N) is 2. The van der Waals surface area contributed by atoms with Crippen LogP contribution >= 0.6 is 0 Å². The van der Waals surface area contributed by atoms with E-state index in [1.807, 2.05) is 37.3 Å². The SMILES string of the molecule is CCCCC(C(=O)N1CCCC1C(=O)Nc1cccc(Oc2ccccc2)c1)C(O)C(=O)NO. The monoisotopic (exact) mass is 469 g/mol. The Morgan fingerprint density at radius 1 is 1.12 bits per heavy atom. The minimum absolute atomic E-state index is 0.271. The normalized spacial score (nSPS) is 17.0. The number of benzene rings is 2. The van der Waals surface area contributed by atoms with Gasteiger partial charge in [0.2, 0.25) is 11.8 Å². The molecule has 4 N–H and O–H groups in total. The second kappa shape index (κ2) is 12.2. The summed E-state index contributed by atoms with van der Waals surface area (Å²) >= 11 is 0. The first kappa shape index (κ1) is 25.2. The molecule has 3 atom stereocenters. The number of para-hydroxylation sites is 1. The van der Waals surface area contributed by atoms with Gasteiger partial charge < -0.3 is 20.1 Å². The Kier molecular flexibility index (Phi) is 9.00. The number of carbonyl (C=O) groups excluding carboxylic acids is 3. The van der Waals surface area contributed by atoms with Crippen molar-refractivity contribution >= 4 is 23.4 Å². The van der Waals surface area contributed by atoms with E-state index in [1.165, 1.54) is 10.4 Å². The van der Waals surface area contributed by atoms with E-state index in [0.717, 1.165) is 6.42 Å². The molecule has 1 aliphatic rings. The van der Waals surface area contributed by atoms with Crippen LogP contribution in [0.2, 0.25) is 0 Å². The number of likely N-dealkylation sites (tertiary alicyclic amines) is 1. The number of anilines is 1. The molecule has 0 spiro atoms. The molecule has 182 valence electrons. The minimum Gasteiger partial charge on any atom is -0.457 e. The largest absolute Gasteiger partial charge is 0.457 e. The Labute approximate surface area is 198 Å². The van der Waals surface area contributed by atoms with Gasteiger partial charge in [0.05, 0.1) is 5.92 Å². The van der Waals surface area contributed by atoms with Gasteiger partial charge >= 0.3 is 0 Å². The Morgan fingerprint density at radius 2 is 1.85 bits per heavy atom. The molecule has 34 heavy (non-hydrogen) atoms. The summed E-state index contributed by atoms with van der Waals surface area (Å²) in [6.45, 7) is 2.28. The van der Waals surface area contributed by atoms with Gasteiger partial charge in [-0.3, -0.25) is 19.6 Å². The molecule has 3 rings (SSSR count). The highest BCUT2D eigenvalue weighted by atomic mass is 16.5. The smallest absolute Gasteiger partial charge is 0.272 e. The lowest BCUT2D eigenvalue weighted by Crippen LogP contribution is -2.50. The number of amides is 3. The molecular formula is C25H31N3O6. The van der Waals surface area contributed by atoms with Crippen LogP contribution < -0.4 is 15.5 Å². The number of carbonyl (C=O) groups is 3. The number of hydrogen-bond acceptors (Lipinski definition) is 6. The molecule has 1 aliphatic heterocycles. The lowest BCUT2D eigenvalue weighted by molar-refractivity contribution is -0.152. The van der Waals surface area contributed by atoms with Crippen molar-refractivity contribution in [1.82, 2.24) is 10.4 Å². The summed E-state index contributed by atoms with van der Waals surface area (Å²) in [4.78, 5) is 39.5. The van der Waals surface area contributed by atoms with Crippen LogP contribution in [-0.4, -0.2) is 51.6 Å². The van der Waals surface area contributed by atoms with Crippen molar-refractivity contribution in [3.05, 3.63) is 54.6 Å². The molecule has 1 heterocycles. The van der Waals surface area contributed by atoms with Crippen LogP contribution in [0.3, 0.4) is 0 Å².